The van der Waals surface area contributed by atoms with Gasteiger partial charge in [0.2, 0.25) is 0 Å². The number of ether oxygens (including phenoxy) is 1. The van der Waals surface area contributed by atoms with Crippen LogP contribution in [0.3, 0.4) is 0 Å². The molecule has 2 rings (SSSR count). The summed E-state index contributed by atoms with van der Waals surface area (Å²) < 4.78 is 6.70. The summed E-state index contributed by atoms with van der Waals surface area (Å²) in [5, 5.41) is 5.51. The second-order valence-electron chi connectivity index (χ2n) is 4.06. The lowest BCUT2D eigenvalue weighted by Crippen LogP contribution is -2.22. The van der Waals surface area contributed by atoms with E-state index in [0.717, 1.165) is 28.6 Å². The van der Waals surface area contributed by atoms with Crippen molar-refractivity contribution in [2.45, 2.75) is 19.4 Å². The molecule has 2 aromatic rings. The number of hydrogen-bond acceptors (Lipinski definition) is 4. The molecule has 0 amide bonds. The van der Waals surface area contributed by atoms with Crippen LogP contribution in [0.2, 0.25) is 8.67 Å². The highest BCUT2D eigenvalue weighted by atomic mass is 35.5. The van der Waals surface area contributed by atoms with E-state index in [9.17, 15) is 0 Å². The molecule has 2 heterocycles. The van der Waals surface area contributed by atoms with Gasteiger partial charge >= 0.3 is 0 Å². The quantitative estimate of drug-likeness (QED) is 0.781. The maximum absolute atomic E-state index is 6.28. The number of methoxy groups -OCH3 is 1. The normalized spacial score (nSPS) is 12.6. The Balaban J connectivity index is 2.32. The van der Waals surface area contributed by atoms with Crippen LogP contribution >= 0.6 is 45.9 Å². The first kappa shape index (κ1) is 15.1. The van der Waals surface area contributed by atoms with Crippen LogP contribution in [0.25, 0.3) is 0 Å². The van der Waals surface area contributed by atoms with E-state index in [1.54, 1.807) is 18.4 Å². The summed E-state index contributed by atoms with van der Waals surface area (Å²) in [6, 6.07) is 4.05. The van der Waals surface area contributed by atoms with Gasteiger partial charge in [0.25, 0.3) is 0 Å². The van der Waals surface area contributed by atoms with Gasteiger partial charge in [-0.2, -0.15) is 0 Å². The summed E-state index contributed by atoms with van der Waals surface area (Å²) in [6.07, 6.45) is 1.06. The van der Waals surface area contributed by atoms with Crippen LogP contribution in [0.5, 0.6) is 5.75 Å². The third kappa shape index (κ3) is 3.64. The van der Waals surface area contributed by atoms with Crippen molar-refractivity contribution < 1.29 is 4.74 Å². The summed E-state index contributed by atoms with van der Waals surface area (Å²) in [7, 11) is 1.68. The third-order valence-electron chi connectivity index (χ3n) is 2.71. The molecule has 0 aromatic carbocycles. The number of hydrogen-bond donors (Lipinski definition) is 1. The Hall–Kier alpha value is -0.260. The van der Waals surface area contributed by atoms with Crippen molar-refractivity contribution in [1.82, 2.24) is 5.32 Å². The highest BCUT2D eigenvalue weighted by Gasteiger charge is 2.20. The molecular formula is C13H15Cl2NOS2. The highest BCUT2D eigenvalue weighted by molar-refractivity contribution is 7.20. The molecule has 0 fully saturated rings. The second-order valence-corrected chi connectivity index (χ2v) is 7.28. The monoisotopic (exact) mass is 335 g/mol. The van der Waals surface area contributed by atoms with E-state index in [-0.39, 0.29) is 6.04 Å². The Morgan fingerprint density at radius 3 is 2.68 bits per heavy atom. The highest BCUT2D eigenvalue weighted by Crippen LogP contribution is 2.39. The van der Waals surface area contributed by atoms with E-state index in [2.05, 4.69) is 12.2 Å². The van der Waals surface area contributed by atoms with E-state index < -0.39 is 0 Å². The van der Waals surface area contributed by atoms with Crippen LogP contribution in [-0.4, -0.2) is 13.7 Å². The van der Waals surface area contributed by atoms with E-state index in [1.807, 2.05) is 17.5 Å². The Morgan fingerprint density at radius 2 is 2.16 bits per heavy atom. The van der Waals surface area contributed by atoms with Gasteiger partial charge in [-0.05, 0) is 25.1 Å². The van der Waals surface area contributed by atoms with Crippen molar-refractivity contribution >= 4 is 45.9 Å². The molecule has 2 nitrogen and oxygen atoms in total. The zero-order chi connectivity index (χ0) is 13.8. The minimum atomic E-state index is 0.0742. The van der Waals surface area contributed by atoms with Crippen LogP contribution in [0.4, 0.5) is 0 Å². The summed E-state index contributed by atoms with van der Waals surface area (Å²) in [4.78, 5) is 1.18. The lowest BCUT2D eigenvalue weighted by molar-refractivity contribution is 0.416. The Labute approximate surface area is 131 Å². The fourth-order valence-corrected chi connectivity index (χ4v) is 4.27. The smallest absolute Gasteiger partial charge is 0.129 e. The standard InChI is InChI=1S/C13H15Cl2NOS2/c1-3-4-16-12(9-6-11(14)19-13(9)15)10-5-8(17-2)7-18-10/h5-7,12,16H,3-4H2,1-2H3. The topological polar surface area (TPSA) is 21.3 Å². The molecule has 0 aliphatic carbocycles. The average Bonchev–Trinajstić information content (AvgIpc) is 2.97. The summed E-state index contributed by atoms with van der Waals surface area (Å²) in [6.45, 7) is 3.07. The predicted octanol–water partition coefficient (Wildman–Crippen LogP) is 5.21. The molecule has 0 aliphatic rings. The molecule has 1 unspecified atom stereocenters. The van der Waals surface area contributed by atoms with Crippen molar-refractivity contribution in [3.63, 3.8) is 0 Å². The SMILES string of the molecule is CCCNC(c1cc(OC)cs1)c1cc(Cl)sc1Cl. The van der Waals surface area contributed by atoms with Gasteiger partial charge in [0.15, 0.2) is 0 Å². The van der Waals surface area contributed by atoms with E-state index in [4.69, 9.17) is 27.9 Å². The minimum Gasteiger partial charge on any atom is -0.496 e. The Morgan fingerprint density at radius 1 is 1.37 bits per heavy atom. The summed E-state index contributed by atoms with van der Waals surface area (Å²) in [5.41, 5.74) is 1.04. The van der Waals surface area contributed by atoms with Gasteiger partial charge in [-0.1, -0.05) is 30.1 Å². The fourth-order valence-electron chi connectivity index (χ4n) is 1.80. The van der Waals surface area contributed by atoms with E-state index in [1.165, 1.54) is 16.2 Å². The molecule has 2 aromatic heterocycles. The molecular weight excluding hydrogens is 321 g/mol. The largest absolute Gasteiger partial charge is 0.496 e. The van der Waals surface area contributed by atoms with E-state index >= 15 is 0 Å². The molecule has 0 saturated heterocycles. The van der Waals surface area contributed by atoms with Gasteiger partial charge in [0.05, 0.1) is 21.8 Å². The lowest BCUT2D eigenvalue weighted by atomic mass is 10.1. The van der Waals surface area contributed by atoms with Crippen LogP contribution in [0, 0.1) is 0 Å². The van der Waals surface area contributed by atoms with E-state index in [0.29, 0.717) is 4.34 Å². The number of halogens is 2. The van der Waals surface area contributed by atoms with Crippen LogP contribution in [-0.2, 0) is 0 Å². The van der Waals surface area contributed by atoms with Crippen LogP contribution < -0.4 is 10.1 Å². The maximum atomic E-state index is 6.28. The van der Waals surface area contributed by atoms with Gasteiger partial charge in [-0.25, -0.2) is 0 Å². The molecule has 0 aliphatic heterocycles. The Kier molecular flexibility index (Phi) is 5.54. The third-order valence-corrected chi connectivity index (χ3v) is 5.20. The Bertz CT molecular complexity index is 538. The molecule has 6 heteroatoms. The molecule has 104 valence electrons. The molecule has 0 bridgehead atoms. The first-order valence-electron chi connectivity index (χ1n) is 5.96. The minimum absolute atomic E-state index is 0.0742. The maximum Gasteiger partial charge on any atom is 0.129 e. The lowest BCUT2D eigenvalue weighted by Gasteiger charge is -2.16. The van der Waals surface area contributed by atoms with Gasteiger partial charge in [0.1, 0.15) is 5.75 Å². The molecule has 0 saturated carbocycles. The van der Waals surface area contributed by atoms with Crippen molar-refractivity contribution in [2.24, 2.45) is 0 Å². The van der Waals surface area contributed by atoms with Gasteiger partial charge < -0.3 is 10.1 Å². The fraction of sp³-hybridized carbons (Fsp3) is 0.385. The van der Waals surface area contributed by atoms with Gasteiger partial charge in [0, 0.05) is 15.8 Å². The second kappa shape index (κ2) is 6.95. The predicted molar refractivity (Wildman–Crippen MR) is 85.3 cm³/mol. The molecule has 0 spiro atoms. The van der Waals surface area contributed by atoms with Crippen molar-refractivity contribution in [3.05, 3.63) is 36.6 Å². The molecule has 19 heavy (non-hydrogen) atoms. The van der Waals surface area contributed by atoms with Gasteiger partial charge in [-0.3, -0.25) is 0 Å². The van der Waals surface area contributed by atoms with Crippen molar-refractivity contribution in [1.29, 1.82) is 0 Å². The van der Waals surface area contributed by atoms with Gasteiger partial charge in [-0.15, -0.1) is 22.7 Å². The first-order valence-corrected chi connectivity index (χ1v) is 8.41. The zero-order valence-electron chi connectivity index (χ0n) is 10.7. The molecule has 0 radical (unpaired) electrons. The molecule has 1 atom stereocenters. The van der Waals surface area contributed by atoms with Crippen LogP contribution in [0.15, 0.2) is 17.5 Å². The zero-order valence-corrected chi connectivity index (χ0v) is 13.8. The summed E-state index contributed by atoms with van der Waals surface area (Å²) >= 11 is 15.4. The van der Waals surface area contributed by atoms with Crippen molar-refractivity contribution in [2.75, 3.05) is 13.7 Å². The summed E-state index contributed by atoms with van der Waals surface area (Å²) in [5.74, 6) is 0.876. The molecule has 1 N–H and O–H groups in total. The van der Waals surface area contributed by atoms with Crippen molar-refractivity contribution in [3.8, 4) is 5.75 Å². The average molecular weight is 336 g/mol. The van der Waals surface area contributed by atoms with Crippen LogP contribution in [0.1, 0.15) is 29.8 Å². The number of thiophene rings is 2. The number of rotatable bonds is 6. The first-order chi connectivity index (χ1) is 9.15. The number of nitrogens with one attached hydrogen (secondary N) is 1.